The molecule has 1 aromatic rings. The van der Waals surface area contributed by atoms with Gasteiger partial charge in [-0.3, -0.25) is 4.79 Å². The lowest BCUT2D eigenvalue weighted by atomic mass is 9.52. The number of ether oxygens (including phenoxy) is 1. The Morgan fingerprint density at radius 3 is 2.50 bits per heavy atom. The Bertz CT molecular complexity index is 773. The van der Waals surface area contributed by atoms with Gasteiger partial charge in [0.1, 0.15) is 5.75 Å². The Balaban J connectivity index is 1.47. The van der Waals surface area contributed by atoms with Gasteiger partial charge in [-0.25, -0.2) is 4.79 Å². The smallest absolute Gasteiger partial charge is 0.341 e. The molecular weight excluding hydrogens is 358 g/mol. The van der Waals surface area contributed by atoms with E-state index in [1.807, 2.05) is 19.9 Å². The van der Waals surface area contributed by atoms with Gasteiger partial charge in [-0.1, -0.05) is 12.1 Å². The number of rotatable bonds is 6. The standard InChI is InChI=1S/C22H29NO5/c1-21(2,16-4-3-5-17(8-16)28-12-18(24)25)20(26)23-19-14-6-13-7-15(19)11-22(27,9-13)10-14/h3-5,8,13-15,19,27H,6-7,9-12H2,1-2H3,(H,23,26)(H,24,25)/t13?,14-,15-,19?,22?/m1/s1. The number of carbonyl (C=O) groups is 2. The number of benzene rings is 1. The normalized spacial score (nSPS) is 33.5. The fourth-order valence-corrected chi connectivity index (χ4v) is 5.80. The Morgan fingerprint density at radius 2 is 1.89 bits per heavy atom. The van der Waals surface area contributed by atoms with E-state index in [-0.39, 0.29) is 11.9 Å². The van der Waals surface area contributed by atoms with E-state index in [1.165, 1.54) is 0 Å². The minimum atomic E-state index is -1.04. The average molecular weight is 387 g/mol. The maximum Gasteiger partial charge on any atom is 0.341 e. The van der Waals surface area contributed by atoms with Gasteiger partial charge in [0.15, 0.2) is 6.61 Å². The van der Waals surface area contributed by atoms with Crippen LogP contribution in [0.3, 0.4) is 0 Å². The van der Waals surface area contributed by atoms with Crippen molar-refractivity contribution in [3.05, 3.63) is 29.8 Å². The molecule has 6 heteroatoms. The number of nitrogens with one attached hydrogen (secondary N) is 1. The minimum absolute atomic E-state index is 0.0349. The number of aliphatic hydroxyl groups is 1. The molecule has 0 radical (unpaired) electrons. The molecule has 4 fully saturated rings. The first kappa shape index (κ1) is 19.2. The average Bonchev–Trinajstić information content (AvgIpc) is 2.61. The van der Waals surface area contributed by atoms with E-state index in [2.05, 4.69) is 5.32 Å². The number of carboxylic acid groups (broad SMARTS) is 1. The molecule has 0 heterocycles. The molecule has 0 aromatic heterocycles. The lowest BCUT2D eigenvalue weighted by Gasteiger charge is -2.58. The lowest BCUT2D eigenvalue weighted by Crippen LogP contribution is -2.62. The molecule has 4 bridgehead atoms. The van der Waals surface area contributed by atoms with Crippen molar-refractivity contribution >= 4 is 11.9 Å². The molecule has 4 aliphatic carbocycles. The third kappa shape index (κ3) is 3.50. The number of carbonyl (C=O) groups excluding carboxylic acids is 1. The van der Waals surface area contributed by atoms with Crippen LogP contribution in [0.25, 0.3) is 0 Å². The van der Waals surface area contributed by atoms with Crippen LogP contribution in [0.2, 0.25) is 0 Å². The van der Waals surface area contributed by atoms with Crippen LogP contribution in [0.5, 0.6) is 5.75 Å². The van der Waals surface area contributed by atoms with Crippen LogP contribution >= 0.6 is 0 Å². The molecule has 0 saturated heterocycles. The third-order valence-corrected chi connectivity index (χ3v) is 7.02. The first-order valence-electron chi connectivity index (χ1n) is 10.1. The first-order chi connectivity index (χ1) is 13.2. The van der Waals surface area contributed by atoms with E-state index in [0.717, 1.165) is 37.7 Å². The molecule has 4 aliphatic rings. The zero-order chi connectivity index (χ0) is 20.1. The quantitative estimate of drug-likeness (QED) is 0.697. The van der Waals surface area contributed by atoms with E-state index in [0.29, 0.717) is 23.5 Å². The topological polar surface area (TPSA) is 95.9 Å². The second kappa shape index (κ2) is 6.76. The molecule has 4 saturated carbocycles. The highest BCUT2D eigenvalue weighted by Gasteiger charge is 2.55. The van der Waals surface area contributed by atoms with Crippen molar-refractivity contribution in [2.45, 2.75) is 63.0 Å². The maximum absolute atomic E-state index is 13.2. The van der Waals surface area contributed by atoms with Crippen LogP contribution in [-0.2, 0) is 15.0 Å². The number of hydrogen-bond donors (Lipinski definition) is 3. The Kier molecular flexibility index (Phi) is 4.65. The molecule has 0 unspecified atom stereocenters. The van der Waals surface area contributed by atoms with Crippen molar-refractivity contribution in [1.29, 1.82) is 0 Å². The third-order valence-electron chi connectivity index (χ3n) is 7.02. The summed E-state index contributed by atoms with van der Waals surface area (Å²) in [4.78, 5) is 23.9. The largest absolute Gasteiger partial charge is 0.482 e. The van der Waals surface area contributed by atoms with E-state index in [9.17, 15) is 14.7 Å². The predicted molar refractivity (Wildman–Crippen MR) is 103 cm³/mol. The Hall–Kier alpha value is -2.08. The summed E-state index contributed by atoms with van der Waals surface area (Å²) in [5.41, 5.74) is -0.493. The summed E-state index contributed by atoms with van der Waals surface area (Å²) >= 11 is 0. The van der Waals surface area contributed by atoms with Crippen LogP contribution < -0.4 is 10.1 Å². The lowest BCUT2D eigenvalue weighted by molar-refractivity contribution is -0.148. The van der Waals surface area contributed by atoms with Crippen LogP contribution in [-0.4, -0.2) is 40.3 Å². The van der Waals surface area contributed by atoms with Crippen LogP contribution in [0.4, 0.5) is 0 Å². The molecule has 0 aliphatic heterocycles. The van der Waals surface area contributed by atoms with E-state index in [1.54, 1.807) is 18.2 Å². The highest BCUT2D eigenvalue weighted by atomic mass is 16.5. The number of hydrogen-bond acceptors (Lipinski definition) is 4. The highest BCUT2D eigenvalue weighted by molar-refractivity contribution is 5.87. The molecule has 1 amide bonds. The van der Waals surface area contributed by atoms with E-state index >= 15 is 0 Å². The first-order valence-corrected chi connectivity index (χ1v) is 10.1. The summed E-state index contributed by atoms with van der Waals surface area (Å²) in [5.74, 6) is 0.699. The molecule has 1 aromatic carbocycles. The second-order valence-electron chi connectivity index (χ2n) is 9.53. The van der Waals surface area contributed by atoms with Gasteiger partial charge < -0.3 is 20.3 Å². The highest BCUT2D eigenvalue weighted by Crippen LogP contribution is 2.55. The van der Waals surface area contributed by atoms with Crippen molar-refractivity contribution < 1.29 is 24.5 Å². The van der Waals surface area contributed by atoms with Gasteiger partial charge in [0.2, 0.25) is 5.91 Å². The van der Waals surface area contributed by atoms with Gasteiger partial charge in [0.05, 0.1) is 11.0 Å². The molecule has 6 nitrogen and oxygen atoms in total. The summed E-state index contributed by atoms with van der Waals surface area (Å²) in [6.45, 7) is 3.34. The van der Waals surface area contributed by atoms with Gasteiger partial charge in [-0.05, 0) is 81.4 Å². The molecule has 2 atom stereocenters. The summed E-state index contributed by atoms with van der Waals surface area (Å²) in [5, 5.41) is 22.8. The molecule has 152 valence electrons. The second-order valence-corrected chi connectivity index (χ2v) is 9.53. The Morgan fingerprint density at radius 1 is 1.21 bits per heavy atom. The van der Waals surface area contributed by atoms with Gasteiger partial charge >= 0.3 is 5.97 Å². The summed E-state index contributed by atoms with van der Waals surface area (Å²) in [6, 6.07) is 7.21. The summed E-state index contributed by atoms with van der Waals surface area (Å²) in [7, 11) is 0. The monoisotopic (exact) mass is 387 g/mol. The fraction of sp³-hybridized carbons (Fsp3) is 0.636. The van der Waals surface area contributed by atoms with Crippen molar-refractivity contribution in [2.24, 2.45) is 17.8 Å². The SMILES string of the molecule is CC(C)(C(=O)NC1[C@@H]2CC3C[C@@H]1CC(O)(C3)C2)c1cccc(OCC(=O)O)c1. The van der Waals surface area contributed by atoms with Crippen LogP contribution in [0.15, 0.2) is 24.3 Å². The molecule has 5 rings (SSSR count). The van der Waals surface area contributed by atoms with Crippen molar-refractivity contribution in [3.8, 4) is 5.75 Å². The summed E-state index contributed by atoms with van der Waals surface area (Å²) in [6.07, 6.45) is 4.72. The molecule has 28 heavy (non-hydrogen) atoms. The van der Waals surface area contributed by atoms with E-state index in [4.69, 9.17) is 9.84 Å². The summed E-state index contributed by atoms with van der Waals surface area (Å²) < 4.78 is 5.26. The maximum atomic E-state index is 13.2. The van der Waals surface area contributed by atoms with Crippen LogP contribution in [0, 0.1) is 17.8 Å². The van der Waals surface area contributed by atoms with Crippen molar-refractivity contribution in [3.63, 3.8) is 0 Å². The molecular formula is C22H29NO5. The van der Waals surface area contributed by atoms with Gasteiger partial charge in [-0.15, -0.1) is 0 Å². The van der Waals surface area contributed by atoms with Crippen molar-refractivity contribution in [2.75, 3.05) is 6.61 Å². The number of aliphatic carboxylic acids is 1. The minimum Gasteiger partial charge on any atom is -0.482 e. The molecule has 3 N–H and O–H groups in total. The Labute approximate surface area is 165 Å². The zero-order valence-corrected chi connectivity index (χ0v) is 16.5. The van der Waals surface area contributed by atoms with Gasteiger partial charge in [0.25, 0.3) is 0 Å². The van der Waals surface area contributed by atoms with Crippen molar-refractivity contribution in [1.82, 2.24) is 5.32 Å². The van der Waals surface area contributed by atoms with Crippen LogP contribution in [0.1, 0.15) is 51.5 Å². The van der Waals surface area contributed by atoms with Gasteiger partial charge in [-0.2, -0.15) is 0 Å². The van der Waals surface area contributed by atoms with Gasteiger partial charge in [0, 0.05) is 6.04 Å². The zero-order valence-electron chi connectivity index (χ0n) is 16.5. The number of carboxylic acids is 1. The molecule has 0 spiro atoms. The predicted octanol–water partition coefficient (Wildman–Crippen LogP) is 2.48. The fourth-order valence-electron chi connectivity index (χ4n) is 5.80. The number of amides is 1. The van der Waals surface area contributed by atoms with E-state index < -0.39 is 23.6 Å².